The molecule has 0 aliphatic carbocycles. The number of rotatable bonds is 5. The second kappa shape index (κ2) is 9.55. The van der Waals surface area contributed by atoms with Crippen molar-refractivity contribution in [3.8, 4) is 17.2 Å². The van der Waals surface area contributed by atoms with E-state index >= 15 is 0 Å². The first-order valence-electron chi connectivity index (χ1n) is 12.5. The Morgan fingerprint density at radius 3 is 2.72 bits per heavy atom. The summed E-state index contributed by atoms with van der Waals surface area (Å²) in [6.07, 6.45) is 5.86. The van der Waals surface area contributed by atoms with Crippen LogP contribution in [0.15, 0.2) is 58.5 Å². The van der Waals surface area contributed by atoms with Crippen LogP contribution in [0, 0.1) is 28.4 Å². The van der Waals surface area contributed by atoms with Crippen molar-refractivity contribution in [1.29, 1.82) is 5.26 Å². The minimum atomic E-state index is -1.01. The summed E-state index contributed by atoms with van der Waals surface area (Å²) in [5.41, 5.74) is 0.724. The topological polar surface area (TPSA) is 97.6 Å². The Hall–Kier alpha value is -4.14. The predicted octanol–water partition coefficient (Wildman–Crippen LogP) is 4.00. The Morgan fingerprint density at radius 2 is 1.95 bits per heavy atom. The second-order valence-electron chi connectivity index (χ2n) is 10.0. The van der Waals surface area contributed by atoms with E-state index in [2.05, 4.69) is 16.4 Å². The molecule has 0 bridgehead atoms. The van der Waals surface area contributed by atoms with Crippen LogP contribution in [0.1, 0.15) is 17.7 Å². The van der Waals surface area contributed by atoms with Crippen LogP contribution in [0.25, 0.3) is 32.2 Å². The van der Waals surface area contributed by atoms with E-state index in [0.29, 0.717) is 22.5 Å². The number of benzene rings is 1. The van der Waals surface area contributed by atoms with Crippen LogP contribution >= 0.6 is 11.3 Å². The highest BCUT2D eigenvalue weighted by molar-refractivity contribution is 7.19. The lowest BCUT2D eigenvalue weighted by Crippen LogP contribution is -2.40. The summed E-state index contributed by atoms with van der Waals surface area (Å²) in [6, 6.07) is 10.9. The highest BCUT2D eigenvalue weighted by Gasteiger charge is 2.33. The van der Waals surface area contributed by atoms with E-state index in [1.165, 1.54) is 30.5 Å². The number of nitriles is 1. The van der Waals surface area contributed by atoms with E-state index in [4.69, 9.17) is 0 Å². The van der Waals surface area contributed by atoms with Crippen molar-refractivity contribution in [3.05, 3.63) is 86.3 Å². The molecule has 0 unspecified atom stereocenters. The van der Waals surface area contributed by atoms with Crippen LogP contribution in [0.5, 0.6) is 0 Å². The van der Waals surface area contributed by atoms with Gasteiger partial charge in [-0.25, -0.2) is 9.18 Å². The van der Waals surface area contributed by atoms with Crippen molar-refractivity contribution >= 4 is 32.5 Å². The molecular weight excluding hydrogens is 522 g/mol. The molecule has 0 radical (unpaired) electrons. The Morgan fingerprint density at radius 1 is 1.15 bits per heavy atom. The summed E-state index contributed by atoms with van der Waals surface area (Å²) in [5, 5.41) is 14.1. The van der Waals surface area contributed by atoms with Crippen molar-refractivity contribution in [1.82, 2.24) is 24.0 Å². The Bertz CT molecular complexity index is 1870. The van der Waals surface area contributed by atoms with Gasteiger partial charge < -0.3 is 14.5 Å². The molecule has 5 heterocycles. The van der Waals surface area contributed by atoms with E-state index in [1.54, 1.807) is 12.3 Å². The van der Waals surface area contributed by atoms with Gasteiger partial charge >= 0.3 is 5.69 Å². The van der Waals surface area contributed by atoms with E-state index < -0.39 is 22.5 Å². The zero-order valence-electron chi connectivity index (χ0n) is 21.1. The Kier molecular flexibility index (Phi) is 6.16. The van der Waals surface area contributed by atoms with Crippen LogP contribution in [0.4, 0.5) is 8.78 Å². The van der Waals surface area contributed by atoms with Crippen LogP contribution in [-0.4, -0.2) is 31.8 Å². The van der Waals surface area contributed by atoms with Crippen molar-refractivity contribution in [2.45, 2.75) is 25.9 Å². The fourth-order valence-corrected chi connectivity index (χ4v) is 6.58. The van der Waals surface area contributed by atoms with Gasteiger partial charge in [-0.2, -0.15) is 9.65 Å². The molecule has 0 spiro atoms. The molecular formula is C28H24F2N6O2S. The number of hydrogen-bond donors (Lipinski definition) is 1. The van der Waals surface area contributed by atoms with E-state index in [-0.39, 0.29) is 12.4 Å². The van der Waals surface area contributed by atoms with Gasteiger partial charge in [0, 0.05) is 53.6 Å². The molecule has 1 saturated heterocycles. The highest BCUT2D eigenvalue weighted by Crippen LogP contribution is 2.40. The number of aryl methyl sites for hydroxylation is 1. The molecule has 1 aliphatic rings. The van der Waals surface area contributed by atoms with Crippen molar-refractivity contribution in [2.24, 2.45) is 12.5 Å². The summed E-state index contributed by atoms with van der Waals surface area (Å²) in [5.74, 6) is -1.40. The summed E-state index contributed by atoms with van der Waals surface area (Å²) in [7, 11) is 1.39. The fraction of sp³-hybridized carbons (Fsp3) is 0.286. The summed E-state index contributed by atoms with van der Waals surface area (Å²) in [4.78, 5) is 30.0. The normalized spacial score (nSPS) is 15.1. The molecule has 0 atom stereocenters. The third-order valence-electron chi connectivity index (χ3n) is 7.45. The maximum Gasteiger partial charge on any atom is 0.331 e. The molecule has 0 amide bonds. The zero-order valence-corrected chi connectivity index (χ0v) is 21.9. The number of hydrogen-bond acceptors (Lipinski definition) is 6. The van der Waals surface area contributed by atoms with Crippen molar-refractivity contribution in [3.63, 3.8) is 0 Å². The van der Waals surface area contributed by atoms with Gasteiger partial charge in [0.25, 0.3) is 5.56 Å². The minimum absolute atomic E-state index is 0.114. The molecule has 198 valence electrons. The van der Waals surface area contributed by atoms with E-state index in [1.807, 2.05) is 22.9 Å². The smallest absolute Gasteiger partial charge is 0.331 e. The van der Waals surface area contributed by atoms with Crippen LogP contribution in [0.3, 0.4) is 0 Å². The number of halogens is 2. The predicted molar refractivity (Wildman–Crippen MR) is 146 cm³/mol. The quantitative estimate of drug-likeness (QED) is 0.360. The SMILES string of the molecule is Cn1cc(F)c(=O)n(Cc2cc3nccc(-c4cc(F)cc5ccn(CC6(C#N)CCNCC6)c45)c3s2)c1=O. The van der Waals surface area contributed by atoms with Gasteiger partial charge in [0.1, 0.15) is 5.82 Å². The highest BCUT2D eigenvalue weighted by atomic mass is 32.1. The average molecular weight is 547 g/mol. The van der Waals surface area contributed by atoms with Crippen molar-refractivity contribution in [2.75, 3.05) is 13.1 Å². The summed E-state index contributed by atoms with van der Waals surface area (Å²) in [6.45, 7) is 1.92. The van der Waals surface area contributed by atoms with Gasteiger partial charge in [-0.05, 0) is 56.3 Å². The number of aromatic nitrogens is 4. The number of nitrogens with zero attached hydrogens (tertiary/aromatic N) is 5. The summed E-state index contributed by atoms with van der Waals surface area (Å²) >= 11 is 1.32. The van der Waals surface area contributed by atoms with Crippen LogP contribution < -0.4 is 16.6 Å². The largest absolute Gasteiger partial charge is 0.345 e. The van der Waals surface area contributed by atoms with Crippen molar-refractivity contribution < 1.29 is 8.78 Å². The third-order valence-corrected chi connectivity index (χ3v) is 8.59. The standard InChI is InChI=1S/C28H24F2N6O2S/c1-34-14-22(30)26(37)36(27(34)38)13-19-12-23-25(39-19)20(2-6-33-23)21-11-18(29)10-17-3-9-35(24(17)21)16-28(15-31)4-7-32-8-5-28/h2-3,6,9-12,14,32H,4-5,7-8,13,16H2,1H3. The first-order valence-corrected chi connectivity index (χ1v) is 13.3. The van der Waals surface area contributed by atoms with Gasteiger partial charge in [-0.15, -0.1) is 11.3 Å². The monoisotopic (exact) mass is 546 g/mol. The number of fused-ring (bicyclic) bond motifs is 2. The first-order chi connectivity index (χ1) is 18.8. The first kappa shape index (κ1) is 25.2. The minimum Gasteiger partial charge on any atom is -0.345 e. The fourth-order valence-electron chi connectivity index (χ4n) is 5.45. The van der Waals surface area contributed by atoms with Gasteiger partial charge in [0.2, 0.25) is 5.82 Å². The molecule has 5 aromatic rings. The van der Waals surface area contributed by atoms with E-state index in [0.717, 1.165) is 62.4 Å². The summed E-state index contributed by atoms with van der Waals surface area (Å²) < 4.78 is 33.6. The molecule has 4 aromatic heterocycles. The molecule has 11 heteroatoms. The lowest BCUT2D eigenvalue weighted by Gasteiger charge is -2.32. The number of thiophene rings is 1. The third kappa shape index (κ3) is 4.35. The molecule has 1 aliphatic heterocycles. The van der Waals surface area contributed by atoms with Gasteiger partial charge in [-0.3, -0.25) is 14.3 Å². The second-order valence-corrected chi connectivity index (χ2v) is 11.2. The van der Waals surface area contributed by atoms with Gasteiger partial charge in [0.15, 0.2) is 0 Å². The average Bonchev–Trinajstić information content (AvgIpc) is 3.53. The Labute approximate surface area is 225 Å². The molecule has 8 nitrogen and oxygen atoms in total. The molecule has 6 rings (SSSR count). The van der Waals surface area contributed by atoms with E-state index in [9.17, 15) is 23.6 Å². The van der Waals surface area contributed by atoms with Gasteiger partial charge in [0.05, 0.1) is 33.8 Å². The molecule has 0 saturated carbocycles. The molecule has 1 aromatic carbocycles. The number of pyridine rings is 1. The van der Waals surface area contributed by atoms with Gasteiger partial charge in [-0.1, -0.05) is 0 Å². The maximum atomic E-state index is 14.9. The Balaban J connectivity index is 1.48. The molecule has 39 heavy (non-hydrogen) atoms. The molecule has 1 N–H and O–H groups in total. The maximum absolute atomic E-state index is 14.9. The van der Waals surface area contributed by atoms with Crippen LogP contribution in [0.2, 0.25) is 0 Å². The zero-order chi connectivity index (χ0) is 27.3. The molecule has 1 fully saturated rings. The van der Waals surface area contributed by atoms with Crippen LogP contribution in [-0.2, 0) is 20.1 Å². The number of piperidine rings is 1. The number of nitrogens with one attached hydrogen (secondary N) is 1. The lowest BCUT2D eigenvalue weighted by molar-refractivity contribution is 0.247. The lowest BCUT2D eigenvalue weighted by atomic mass is 9.80.